The Hall–Kier alpha value is -0.640. The fraction of sp³-hybridized carbons (Fsp3) is 0.667. The van der Waals surface area contributed by atoms with Crippen molar-refractivity contribution in [1.82, 2.24) is 0 Å². The molecule has 0 aromatic rings. The Morgan fingerprint density at radius 1 is 1.54 bits per heavy atom. The van der Waals surface area contributed by atoms with Crippen LogP contribution in [0.4, 0.5) is 0 Å². The number of esters is 1. The highest BCUT2D eigenvalue weighted by Crippen LogP contribution is 2.26. The monoisotopic (exact) mass is 202 g/mol. The number of aliphatic hydroxyl groups excluding tert-OH is 1. The Balaban J connectivity index is 2.27. The predicted molar refractivity (Wildman–Crippen MR) is 52.6 cm³/mol. The van der Waals surface area contributed by atoms with E-state index in [2.05, 4.69) is 11.7 Å². The Labute approximate surface area is 82.2 Å². The normalized spacial score (nSPS) is 16.5. The molecule has 1 aliphatic rings. The van der Waals surface area contributed by atoms with Gasteiger partial charge in [0, 0.05) is 0 Å². The van der Waals surface area contributed by atoms with Crippen molar-refractivity contribution in [2.45, 2.75) is 26.2 Å². The van der Waals surface area contributed by atoms with Gasteiger partial charge in [0.15, 0.2) is 5.76 Å². The summed E-state index contributed by atoms with van der Waals surface area (Å²) >= 11 is 1.40. The van der Waals surface area contributed by atoms with Gasteiger partial charge in [0.2, 0.25) is 0 Å². The molecule has 74 valence electrons. The minimum Gasteiger partial charge on any atom is -0.507 e. The number of hydrogen-bond acceptors (Lipinski definition) is 4. The first kappa shape index (κ1) is 10.4. The van der Waals surface area contributed by atoms with Crippen LogP contribution in [0.15, 0.2) is 10.7 Å². The van der Waals surface area contributed by atoms with E-state index < -0.39 is 0 Å². The van der Waals surface area contributed by atoms with Crippen LogP contribution in [0.1, 0.15) is 26.2 Å². The topological polar surface area (TPSA) is 46.5 Å². The fourth-order valence-electron chi connectivity index (χ4n) is 1.05. The van der Waals surface area contributed by atoms with Gasteiger partial charge in [-0.15, -0.1) is 11.8 Å². The van der Waals surface area contributed by atoms with E-state index in [0.717, 1.165) is 25.0 Å². The molecule has 0 aromatic carbocycles. The zero-order chi connectivity index (χ0) is 9.68. The maximum Gasteiger partial charge on any atom is 0.348 e. The van der Waals surface area contributed by atoms with Crippen LogP contribution in [0.3, 0.4) is 0 Å². The summed E-state index contributed by atoms with van der Waals surface area (Å²) in [6.07, 6.45) is 3.40. The molecule has 1 aliphatic heterocycles. The average Bonchev–Trinajstić information content (AvgIpc) is 2.42. The van der Waals surface area contributed by atoms with Crippen LogP contribution in [-0.2, 0) is 9.53 Å². The number of aliphatic hydroxyl groups is 1. The summed E-state index contributed by atoms with van der Waals surface area (Å²) in [7, 11) is 0. The molecule has 0 unspecified atom stereocenters. The van der Waals surface area contributed by atoms with Crippen molar-refractivity contribution in [2.24, 2.45) is 0 Å². The van der Waals surface area contributed by atoms with E-state index in [4.69, 9.17) is 0 Å². The average molecular weight is 202 g/mol. The molecule has 0 aliphatic carbocycles. The molecule has 0 amide bonds. The number of cyclic esters (lactones) is 1. The van der Waals surface area contributed by atoms with Gasteiger partial charge in [-0.2, -0.15) is 0 Å². The predicted octanol–water partition coefficient (Wildman–Crippen LogP) is 2.24. The molecule has 0 fully saturated rings. The Kier molecular flexibility index (Phi) is 4.15. The standard InChI is InChI=1S/C9H14O3S/c1-2-3-4-5-13-8-7(10)6-12-9(8)11/h10H,2-6H2,1H3. The molecule has 0 radical (unpaired) electrons. The highest BCUT2D eigenvalue weighted by molar-refractivity contribution is 8.04. The van der Waals surface area contributed by atoms with Crippen LogP contribution >= 0.6 is 11.8 Å². The summed E-state index contributed by atoms with van der Waals surface area (Å²) in [4.78, 5) is 11.4. The number of unbranched alkanes of at least 4 members (excludes halogenated alkanes) is 2. The second-order valence-electron chi connectivity index (χ2n) is 2.91. The van der Waals surface area contributed by atoms with Gasteiger partial charge in [0.1, 0.15) is 11.5 Å². The van der Waals surface area contributed by atoms with Crippen molar-refractivity contribution in [1.29, 1.82) is 0 Å². The molecule has 0 saturated heterocycles. The summed E-state index contributed by atoms with van der Waals surface area (Å²) in [5, 5.41) is 9.23. The van der Waals surface area contributed by atoms with Gasteiger partial charge in [-0.25, -0.2) is 4.79 Å². The van der Waals surface area contributed by atoms with E-state index in [1.54, 1.807) is 0 Å². The molecule has 0 atom stereocenters. The lowest BCUT2D eigenvalue weighted by Crippen LogP contribution is -1.96. The molecule has 1 heterocycles. The molecular weight excluding hydrogens is 188 g/mol. The largest absolute Gasteiger partial charge is 0.507 e. The summed E-state index contributed by atoms with van der Waals surface area (Å²) in [5.41, 5.74) is 0. The van der Waals surface area contributed by atoms with Crippen molar-refractivity contribution in [2.75, 3.05) is 12.4 Å². The molecule has 1 N–H and O–H groups in total. The van der Waals surface area contributed by atoms with Gasteiger partial charge in [-0.3, -0.25) is 0 Å². The molecule has 0 bridgehead atoms. The number of rotatable bonds is 5. The number of thioether (sulfide) groups is 1. The molecule has 0 saturated carbocycles. The third-order valence-electron chi connectivity index (χ3n) is 1.78. The minimum atomic E-state index is -0.376. The maximum atomic E-state index is 11.0. The summed E-state index contributed by atoms with van der Waals surface area (Å²) in [6, 6.07) is 0. The van der Waals surface area contributed by atoms with Gasteiger partial charge in [-0.05, 0) is 12.2 Å². The third kappa shape index (κ3) is 2.95. The zero-order valence-electron chi connectivity index (χ0n) is 7.71. The number of carbonyl (C=O) groups is 1. The lowest BCUT2D eigenvalue weighted by atomic mass is 10.3. The first-order chi connectivity index (χ1) is 6.25. The van der Waals surface area contributed by atoms with Gasteiger partial charge in [0.25, 0.3) is 0 Å². The maximum absolute atomic E-state index is 11.0. The molecule has 13 heavy (non-hydrogen) atoms. The minimum absolute atomic E-state index is 0.0505. The van der Waals surface area contributed by atoms with Crippen LogP contribution in [0.5, 0.6) is 0 Å². The van der Waals surface area contributed by atoms with Crippen molar-refractivity contribution >= 4 is 17.7 Å². The van der Waals surface area contributed by atoms with E-state index in [-0.39, 0.29) is 18.3 Å². The van der Waals surface area contributed by atoms with Crippen molar-refractivity contribution in [3.05, 3.63) is 10.7 Å². The highest BCUT2D eigenvalue weighted by Gasteiger charge is 2.24. The molecule has 1 rings (SSSR count). The molecule has 3 nitrogen and oxygen atoms in total. The lowest BCUT2D eigenvalue weighted by molar-refractivity contribution is -0.135. The van der Waals surface area contributed by atoms with Gasteiger partial charge < -0.3 is 9.84 Å². The smallest absolute Gasteiger partial charge is 0.348 e. The summed E-state index contributed by atoms with van der Waals surface area (Å²) in [6.45, 7) is 2.18. The van der Waals surface area contributed by atoms with E-state index in [1.165, 1.54) is 11.8 Å². The van der Waals surface area contributed by atoms with Crippen LogP contribution in [0.2, 0.25) is 0 Å². The number of hydrogen-bond donors (Lipinski definition) is 1. The van der Waals surface area contributed by atoms with Crippen LogP contribution in [0, 0.1) is 0 Å². The van der Waals surface area contributed by atoms with E-state index in [9.17, 15) is 9.90 Å². The summed E-state index contributed by atoms with van der Waals surface area (Å²) < 4.78 is 4.65. The SMILES string of the molecule is CCCCCSC1=C(O)COC1=O. The van der Waals surface area contributed by atoms with Crippen LogP contribution in [-0.4, -0.2) is 23.4 Å². The Morgan fingerprint density at radius 2 is 2.31 bits per heavy atom. The lowest BCUT2D eigenvalue weighted by Gasteiger charge is -1.98. The highest BCUT2D eigenvalue weighted by atomic mass is 32.2. The van der Waals surface area contributed by atoms with Crippen LogP contribution < -0.4 is 0 Å². The van der Waals surface area contributed by atoms with E-state index >= 15 is 0 Å². The quantitative estimate of drug-likeness (QED) is 0.548. The molecule has 0 aromatic heterocycles. The molecule has 0 spiro atoms. The Morgan fingerprint density at radius 3 is 2.85 bits per heavy atom. The van der Waals surface area contributed by atoms with Crippen LogP contribution in [0.25, 0.3) is 0 Å². The first-order valence-electron chi connectivity index (χ1n) is 4.47. The number of carbonyl (C=O) groups excluding carboxylic acids is 1. The second kappa shape index (κ2) is 5.17. The first-order valence-corrected chi connectivity index (χ1v) is 5.46. The van der Waals surface area contributed by atoms with Gasteiger partial charge in [-0.1, -0.05) is 19.8 Å². The van der Waals surface area contributed by atoms with Gasteiger partial charge >= 0.3 is 5.97 Å². The van der Waals surface area contributed by atoms with Crippen molar-refractivity contribution in [3.63, 3.8) is 0 Å². The summed E-state index contributed by atoms with van der Waals surface area (Å²) in [5.74, 6) is 0.591. The van der Waals surface area contributed by atoms with Gasteiger partial charge in [0.05, 0.1) is 0 Å². The van der Waals surface area contributed by atoms with E-state index in [0.29, 0.717) is 4.91 Å². The number of ether oxygens (including phenoxy) is 1. The Bertz CT molecular complexity index is 223. The van der Waals surface area contributed by atoms with Crippen molar-refractivity contribution < 1.29 is 14.6 Å². The zero-order valence-corrected chi connectivity index (χ0v) is 8.52. The third-order valence-corrected chi connectivity index (χ3v) is 2.97. The van der Waals surface area contributed by atoms with Crippen molar-refractivity contribution in [3.8, 4) is 0 Å². The van der Waals surface area contributed by atoms with E-state index in [1.807, 2.05) is 0 Å². The molecule has 4 heteroatoms. The fourth-order valence-corrected chi connectivity index (χ4v) is 2.01. The second-order valence-corrected chi connectivity index (χ2v) is 4.01. The molecular formula is C9H14O3S.